The molecule has 0 heterocycles. The Bertz CT molecular complexity index is 459. The first-order valence-electron chi connectivity index (χ1n) is 6.57. The minimum atomic E-state index is 0.494. The second-order valence-electron chi connectivity index (χ2n) is 4.96. The maximum Gasteiger partial charge on any atom is 0.0208 e. The zero-order chi connectivity index (χ0) is 12.8. The molecule has 0 aromatic heterocycles. The lowest BCUT2D eigenvalue weighted by Crippen LogP contribution is -2.27. The Morgan fingerprint density at radius 1 is 0.889 bits per heavy atom. The third-order valence-electron chi connectivity index (χ3n) is 3.16. The highest BCUT2D eigenvalue weighted by Crippen LogP contribution is 2.05. The molecule has 2 aromatic rings. The Morgan fingerprint density at radius 2 is 1.56 bits per heavy atom. The summed E-state index contributed by atoms with van der Waals surface area (Å²) in [6, 6.07) is 19.8. The maximum atomic E-state index is 3.57. The fraction of sp³-hybridized carbons (Fsp3) is 0.294. The standard InChI is InChI=1S/C17H21N/c1-14-8-10-17(11-9-14)13-18-15(2)12-16-6-4-3-5-7-16/h3-11,15,18H,12-13H2,1-2H3. The van der Waals surface area contributed by atoms with Crippen LogP contribution in [0, 0.1) is 6.92 Å². The van der Waals surface area contributed by atoms with Crippen LogP contribution in [0.3, 0.4) is 0 Å². The minimum absolute atomic E-state index is 0.494. The van der Waals surface area contributed by atoms with Gasteiger partial charge in [0.15, 0.2) is 0 Å². The molecule has 0 fully saturated rings. The molecule has 0 aliphatic rings. The smallest absolute Gasteiger partial charge is 0.0208 e. The van der Waals surface area contributed by atoms with Crippen LogP contribution in [0.5, 0.6) is 0 Å². The van der Waals surface area contributed by atoms with Crippen LogP contribution >= 0.6 is 0 Å². The van der Waals surface area contributed by atoms with Crippen LogP contribution < -0.4 is 5.32 Å². The van der Waals surface area contributed by atoms with Crippen LogP contribution in [0.15, 0.2) is 54.6 Å². The first kappa shape index (κ1) is 12.8. The van der Waals surface area contributed by atoms with Gasteiger partial charge in [0.1, 0.15) is 0 Å². The molecule has 0 radical (unpaired) electrons. The summed E-state index contributed by atoms with van der Waals surface area (Å²) < 4.78 is 0. The van der Waals surface area contributed by atoms with E-state index in [4.69, 9.17) is 0 Å². The summed E-state index contributed by atoms with van der Waals surface area (Å²) in [5.41, 5.74) is 4.05. The molecule has 18 heavy (non-hydrogen) atoms. The zero-order valence-corrected chi connectivity index (χ0v) is 11.2. The minimum Gasteiger partial charge on any atom is -0.310 e. The molecule has 0 spiro atoms. The maximum absolute atomic E-state index is 3.57. The van der Waals surface area contributed by atoms with Crippen LogP contribution in [0.1, 0.15) is 23.6 Å². The summed E-state index contributed by atoms with van der Waals surface area (Å²) in [4.78, 5) is 0. The molecule has 94 valence electrons. The second-order valence-corrected chi connectivity index (χ2v) is 4.96. The van der Waals surface area contributed by atoms with E-state index in [-0.39, 0.29) is 0 Å². The first-order valence-corrected chi connectivity index (χ1v) is 6.57. The van der Waals surface area contributed by atoms with Gasteiger partial charge in [-0.2, -0.15) is 0 Å². The van der Waals surface area contributed by atoms with E-state index in [9.17, 15) is 0 Å². The van der Waals surface area contributed by atoms with Gasteiger partial charge in [-0.15, -0.1) is 0 Å². The number of benzene rings is 2. The fourth-order valence-corrected chi connectivity index (χ4v) is 2.04. The van der Waals surface area contributed by atoms with Crippen molar-refractivity contribution in [3.05, 3.63) is 71.3 Å². The SMILES string of the molecule is Cc1ccc(CNC(C)Cc2ccccc2)cc1. The van der Waals surface area contributed by atoms with Gasteiger partial charge in [-0.05, 0) is 31.4 Å². The van der Waals surface area contributed by atoms with Crippen LogP contribution in [-0.4, -0.2) is 6.04 Å². The highest BCUT2D eigenvalue weighted by molar-refractivity contribution is 5.21. The molecular formula is C17H21N. The van der Waals surface area contributed by atoms with Gasteiger partial charge in [-0.3, -0.25) is 0 Å². The van der Waals surface area contributed by atoms with Crippen molar-refractivity contribution in [2.45, 2.75) is 32.9 Å². The average molecular weight is 239 g/mol. The molecule has 1 heteroatoms. The summed E-state index contributed by atoms with van der Waals surface area (Å²) in [6.45, 7) is 5.30. The molecule has 2 aromatic carbocycles. The van der Waals surface area contributed by atoms with Crippen molar-refractivity contribution < 1.29 is 0 Å². The molecule has 0 aliphatic carbocycles. The normalized spacial score (nSPS) is 12.3. The van der Waals surface area contributed by atoms with Gasteiger partial charge in [0, 0.05) is 12.6 Å². The Balaban J connectivity index is 1.81. The predicted molar refractivity (Wildman–Crippen MR) is 77.6 cm³/mol. The molecular weight excluding hydrogens is 218 g/mol. The van der Waals surface area contributed by atoms with Crippen molar-refractivity contribution in [3.8, 4) is 0 Å². The molecule has 0 aliphatic heterocycles. The largest absolute Gasteiger partial charge is 0.310 e. The fourth-order valence-electron chi connectivity index (χ4n) is 2.04. The van der Waals surface area contributed by atoms with Crippen LogP contribution in [-0.2, 0) is 13.0 Å². The van der Waals surface area contributed by atoms with E-state index < -0.39 is 0 Å². The summed E-state index contributed by atoms with van der Waals surface area (Å²) in [7, 11) is 0. The zero-order valence-electron chi connectivity index (χ0n) is 11.2. The third kappa shape index (κ3) is 4.01. The highest BCUT2D eigenvalue weighted by atomic mass is 14.9. The summed E-state index contributed by atoms with van der Waals surface area (Å²) in [6.07, 6.45) is 1.08. The van der Waals surface area contributed by atoms with E-state index in [0.29, 0.717) is 6.04 Å². The summed E-state index contributed by atoms with van der Waals surface area (Å²) in [5, 5.41) is 3.57. The van der Waals surface area contributed by atoms with E-state index in [1.807, 2.05) is 0 Å². The van der Waals surface area contributed by atoms with Crippen molar-refractivity contribution in [3.63, 3.8) is 0 Å². The molecule has 0 saturated carbocycles. The van der Waals surface area contributed by atoms with Crippen molar-refractivity contribution in [2.75, 3.05) is 0 Å². The van der Waals surface area contributed by atoms with Gasteiger partial charge in [0.25, 0.3) is 0 Å². The molecule has 1 N–H and O–H groups in total. The average Bonchev–Trinajstić information content (AvgIpc) is 2.39. The summed E-state index contributed by atoms with van der Waals surface area (Å²) >= 11 is 0. The highest BCUT2D eigenvalue weighted by Gasteiger charge is 2.02. The van der Waals surface area contributed by atoms with Gasteiger partial charge in [0.2, 0.25) is 0 Å². The molecule has 0 amide bonds. The van der Waals surface area contributed by atoms with Gasteiger partial charge in [-0.1, -0.05) is 60.2 Å². The monoisotopic (exact) mass is 239 g/mol. The molecule has 1 nitrogen and oxygen atoms in total. The lowest BCUT2D eigenvalue weighted by molar-refractivity contribution is 0.545. The number of hydrogen-bond acceptors (Lipinski definition) is 1. The number of rotatable bonds is 5. The summed E-state index contributed by atoms with van der Waals surface area (Å²) in [5.74, 6) is 0. The quantitative estimate of drug-likeness (QED) is 0.838. The Kier molecular flexibility index (Phi) is 4.54. The van der Waals surface area contributed by atoms with Crippen LogP contribution in [0.2, 0.25) is 0 Å². The Morgan fingerprint density at radius 3 is 2.22 bits per heavy atom. The van der Waals surface area contributed by atoms with Gasteiger partial charge in [0.05, 0.1) is 0 Å². The first-order chi connectivity index (χ1) is 8.74. The van der Waals surface area contributed by atoms with Crippen LogP contribution in [0.25, 0.3) is 0 Å². The molecule has 0 bridgehead atoms. The van der Waals surface area contributed by atoms with E-state index >= 15 is 0 Å². The van der Waals surface area contributed by atoms with Crippen molar-refractivity contribution in [2.24, 2.45) is 0 Å². The Labute approximate surface area is 110 Å². The van der Waals surface area contributed by atoms with E-state index in [0.717, 1.165) is 13.0 Å². The van der Waals surface area contributed by atoms with Crippen molar-refractivity contribution in [1.82, 2.24) is 5.32 Å². The van der Waals surface area contributed by atoms with Crippen molar-refractivity contribution in [1.29, 1.82) is 0 Å². The van der Waals surface area contributed by atoms with Gasteiger partial charge < -0.3 is 5.32 Å². The number of aryl methyl sites for hydroxylation is 1. The second kappa shape index (κ2) is 6.36. The predicted octanol–water partition coefficient (Wildman–Crippen LogP) is 3.72. The number of nitrogens with one attached hydrogen (secondary N) is 1. The van der Waals surface area contributed by atoms with Crippen molar-refractivity contribution >= 4 is 0 Å². The van der Waals surface area contributed by atoms with E-state index in [2.05, 4.69) is 73.8 Å². The molecule has 1 atom stereocenters. The molecule has 2 rings (SSSR count). The van der Waals surface area contributed by atoms with E-state index in [1.165, 1.54) is 16.7 Å². The van der Waals surface area contributed by atoms with E-state index in [1.54, 1.807) is 0 Å². The van der Waals surface area contributed by atoms with Crippen LogP contribution in [0.4, 0.5) is 0 Å². The topological polar surface area (TPSA) is 12.0 Å². The third-order valence-corrected chi connectivity index (χ3v) is 3.16. The molecule has 0 saturated heterocycles. The number of hydrogen-bond donors (Lipinski definition) is 1. The Hall–Kier alpha value is -1.60. The molecule has 1 unspecified atom stereocenters. The lowest BCUT2D eigenvalue weighted by Gasteiger charge is -2.14. The van der Waals surface area contributed by atoms with Gasteiger partial charge >= 0.3 is 0 Å². The lowest BCUT2D eigenvalue weighted by atomic mass is 10.1. The van der Waals surface area contributed by atoms with Gasteiger partial charge in [-0.25, -0.2) is 0 Å².